The van der Waals surface area contributed by atoms with Crippen LogP contribution in [0, 0.1) is 0 Å². The molecule has 1 heterocycles. The Kier molecular flexibility index (Phi) is 4.24. The minimum absolute atomic E-state index is 0.238. The molecule has 2 aromatic carbocycles. The number of esters is 1. The molecule has 0 aromatic heterocycles. The van der Waals surface area contributed by atoms with Crippen molar-refractivity contribution in [3.05, 3.63) is 82.4 Å². The van der Waals surface area contributed by atoms with Crippen LogP contribution in [0.4, 0.5) is 5.69 Å². The molecule has 3 aliphatic rings. The van der Waals surface area contributed by atoms with Crippen molar-refractivity contribution in [3.63, 3.8) is 0 Å². The summed E-state index contributed by atoms with van der Waals surface area (Å²) in [5.41, 5.74) is 5.89. The molecule has 31 heavy (non-hydrogen) atoms. The van der Waals surface area contributed by atoms with Crippen LogP contribution in [0.3, 0.4) is 0 Å². The van der Waals surface area contributed by atoms with Crippen molar-refractivity contribution in [2.75, 3.05) is 47.2 Å². The van der Waals surface area contributed by atoms with Gasteiger partial charge in [0.25, 0.3) is 0 Å². The van der Waals surface area contributed by atoms with Crippen LogP contribution in [0.1, 0.15) is 33.5 Å². The maximum absolute atomic E-state index is 13.1. The van der Waals surface area contributed by atoms with Gasteiger partial charge in [0.1, 0.15) is 0 Å². The third kappa shape index (κ3) is 2.47. The van der Waals surface area contributed by atoms with Crippen LogP contribution in [0.15, 0.2) is 60.2 Å². The van der Waals surface area contributed by atoms with Crippen molar-refractivity contribution in [2.45, 2.75) is 17.7 Å². The smallest absolute Gasteiger partial charge is 0.340 e. The van der Waals surface area contributed by atoms with Crippen molar-refractivity contribution in [1.29, 1.82) is 0 Å². The molecule has 0 saturated carbocycles. The van der Waals surface area contributed by atoms with Gasteiger partial charge in [-0.2, -0.15) is 0 Å². The predicted molar refractivity (Wildman–Crippen MR) is 124 cm³/mol. The first kappa shape index (κ1) is 20.0. The number of ether oxygens (including phenoxy) is 1. The third-order valence-electron chi connectivity index (χ3n) is 7.16. The Morgan fingerprint density at radius 3 is 2.23 bits per heavy atom. The average Bonchev–Trinajstić information content (AvgIpc) is 3.20. The first-order chi connectivity index (χ1) is 14.7. The Balaban J connectivity index is 1.78. The number of likely N-dealkylation sites (N-methyl/N-ethyl adjacent to an activating group) is 2. The van der Waals surface area contributed by atoms with E-state index in [4.69, 9.17) is 4.74 Å². The fraction of sp³-hybridized carbons (Fsp3) is 0.346. The Morgan fingerprint density at radius 1 is 0.871 bits per heavy atom. The monoisotopic (exact) mass is 415 g/mol. The zero-order valence-corrected chi connectivity index (χ0v) is 19.1. The van der Waals surface area contributed by atoms with Gasteiger partial charge in [-0.25, -0.2) is 4.79 Å². The van der Waals surface area contributed by atoms with Gasteiger partial charge in [-0.1, -0.05) is 36.4 Å². The van der Waals surface area contributed by atoms with Gasteiger partial charge in [-0.15, -0.1) is 0 Å². The van der Waals surface area contributed by atoms with Crippen LogP contribution < -0.4 is 4.90 Å². The number of hydrogen-bond donors (Lipinski definition) is 0. The topological polar surface area (TPSA) is 36.0 Å². The Hall–Kier alpha value is -2.89. The summed E-state index contributed by atoms with van der Waals surface area (Å²) in [6.45, 7) is 0. The number of rotatable bonds is 3. The van der Waals surface area contributed by atoms with Gasteiger partial charge in [0.15, 0.2) is 5.60 Å². The van der Waals surface area contributed by atoms with E-state index in [-0.39, 0.29) is 11.6 Å². The van der Waals surface area contributed by atoms with Crippen molar-refractivity contribution < 1.29 is 9.53 Å². The lowest BCUT2D eigenvalue weighted by atomic mass is 9.79. The Bertz CT molecular complexity index is 1150. The molecule has 0 fully saturated rings. The summed E-state index contributed by atoms with van der Waals surface area (Å²) in [6.07, 6.45) is 5.43. The van der Waals surface area contributed by atoms with E-state index < -0.39 is 5.60 Å². The number of hydrogen-bond acceptors (Lipinski definition) is 5. The summed E-state index contributed by atoms with van der Waals surface area (Å²) in [7, 11) is 12.4. The van der Waals surface area contributed by atoms with Crippen LogP contribution >= 0.6 is 0 Å². The van der Waals surface area contributed by atoms with E-state index in [1.807, 2.05) is 31.1 Å². The molecule has 5 rings (SSSR count). The predicted octanol–water partition coefficient (Wildman–Crippen LogP) is 3.71. The number of anilines is 1. The van der Waals surface area contributed by atoms with Crippen LogP contribution in [-0.4, -0.2) is 63.7 Å². The lowest BCUT2D eigenvalue weighted by molar-refractivity contribution is 0.0249. The lowest BCUT2D eigenvalue weighted by Gasteiger charge is -2.45. The summed E-state index contributed by atoms with van der Waals surface area (Å²) in [6, 6.07) is 14.4. The molecular formula is C26H29N3O2. The third-order valence-corrected chi connectivity index (χ3v) is 7.16. The van der Waals surface area contributed by atoms with E-state index >= 15 is 0 Å². The average molecular weight is 416 g/mol. The first-order valence-electron chi connectivity index (χ1n) is 10.7. The van der Waals surface area contributed by atoms with Crippen LogP contribution in [0.5, 0.6) is 0 Å². The molecule has 1 atom stereocenters. The molecule has 2 aromatic rings. The highest BCUT2D eigenvalue weighted by atomic mass is 16.6. The van der Waals surface area contributed by atoms with Gasteiger partial charge in [-0.05, 0) is 57.5 Å². The molecule has 0 radical (unpaired) electrons. The van der Waals surface area contributed by atoms with Crippen LogP contribution in [0.2, 0.25) is 0 Å². The van der Waals surface area contributed by atoms with Gasteiger partial charge < -0.3 is 9.64 Å². The molecule has 2 aliphatic carbocycles. The number of benzene rings is 2. The van der Waals surface area contributed by atoms with Crippen molar-refractivity contribution in [2.24, 2.45) is 0 Å². The van der Waals surface area contributed by atoms with Gasteiger partial charge in [0, 0.05) is 42.9 Å². The second-order valence-corrected chi connectivity index (χ2v) is 9.29. The number of carbonyl (C=O) groups excluding carboxylic acids is 1. The molecule has 1 spiro atoms. The van der Waals surface area contributed by atoms with Gasteiger partial charge in [0.05, 0.1) is 11.2 Å². The van der Waals surface area contributed by atoms with Crippen molar-refractivity contribution in [3.8, 4) is 0 Å². The van der Waals surface area contributed by atoms with Gasteiger partial charge in [0.2, 0.25) is 0 Å². The minimum atomic E-state index is -0.871. The molecule has 5 heteroatoms. The molecule has 0 bridgehead atoms. The molecule has 160 valence electrons. The zero-order valence-electron chi connectivity index (χ0n) is 19.1. The van der Waals surface area contributed by atoms with E-state index in [9.17, 15) is 4.79 Å². The summed E-state index contributed by atoms with van der Waals surface area (Å²) in [4.78, 5) is 19.6. The highest BCUT2D eigenvalue weighted by Gasteiger charge is 2.57. The van der Waals surface area contributed by atoms with Gasteiger partial charge in [-0.3, -0.25) is 9.80 Å². The normalized spacial score (nSPS) is 22.8. The van der Waals surface area contributed by atoms with Crippen LogP contribution in [0.25, 0.3) is 5.57 Å². The fourth-order valence-electron chi connectivity index (χ4n) is 5.42. The first-order valence-corrected chi connectivity index (χ1v) is 10.7. The highest BCUT2D eigenvalue weighted by Crippen LogP contribution is 2.60. The number of carbonyl (C=O) groups is 1. The second-order valence-electron chi connectivity index (χ2n) is 9.29. The van der Waals surface area contributed by atoms with E-state index in [0.717, 1.165) is 39.9 Å². The molecular weight excluding hydrogens is 386 g/mol. The van der Waals surface area contributed by atoms with Crippen molar-refractivity contribution in [1.82, 2.24) is 9.80 Å². The standard InChI is InChI=1S/C26H29N3O2/c1-27(2)17-11-12-22-19(15-17)24(30)31-26(22)21-10-8-7-9-18(21)20-16-25(28(3)4,29(5)6)14-13-23(20)26/h7-13,15-16H,14H2,1-6H3. The maximum atomic E-state index is 13.1. The zero-order chi connectivity index (χ0) is 22.1. The summed E-state index contributed by atoms with van der Waals surface area (Å²) >= 11 is 0. The van der Waals surface area contributed by atoms with E-state index in [1.165, 1.54) is 0 Å². The lowest BCUT2D eigenvalue weighted by Crippen LogP contribution is -2.54. The summed E-state index contributed by atoms with van der Waals surface area (Å²) < 4.78 is 6.31. The molecule has 0 amide bonds. The maximum Gasteiger partial charge on any atom is 0.340 e. The van der Waals surface area contributed by atoms with Crippen molar-refractivity contribution >= 4 is 17.2 Å². The Labute approximate surface area is 184 Å². The molecule has 0 N–H and O–H groups in total. The van der Waals surface area contributed by atoms with Gasteiger partial charge >= 0.3 is 5.97 Å². The Morgan fingerprint density at radius 2 is 1.55 bits per heavy atom. The molecule has 0 saturated heterocycles. The SMILES string of the molecule is CN(C)c1ccc2c(c1)C(=O)OC21C2=CCC(N(C)C)(N(C)C)C=C2c2ccccc21. The second kappa shape index (κ2) is 6.55. The quantitative estimate of drug-likeness (QED) is 0.564. The number of nitrogens with zero attached hydrogens (tertiary/aromatic N) is 3. The number of fused-ring (bicyclic) bond motifs is 7. The van der Waals surface area contributed by atoms with E-state index in [2.05, 4.69) is 80.5 Å². The minimum Gasteiger partial charge on any atom is -0.441 e. The highest BCUT2D eigenvalue weighted by molar-refractivity contribution is 6.02. The summed E-state index contributed by atoms with van der Waals surface area (Å²) in [5.74, 6) is -0.257. The largest absolute Gasteiger partial charge is 0.441 e. The molecule has 5 nitrogen and oxygen atoms in total. The molecule has 1 unspecified atom stereocenters. The van der Waals surface area contributed by atoms with Crippen LogP contribution in [-0.2, 0) is 10.3 Å². The summed E-state index contributed by atoms with van der Waals surface area (Å²) in [5, 5.41) is 0. The van der Waals surface area contributed by atoms with E-state index in [1.54, 1.807) is 0 Å². The van der Waals surface area contributed by atoms with E-state index in [0.29, 0.717) is 5.56 Å². The molecule has 1 aliphatic heterocycles. The fourth-order valence-corrected chi connectivity index (χ4v) is 5.42.